The van der Waals surface area contributed by atoms with Crippen LogP contribution in [0.1, 0.15) is 46.0 Å². The zero-order valence-electron chi connectivity index (χ0n) is 10.9. The van der Waals surface area contributed by atoms with E-state index in [9.17, 15) is 0 Å². The molecule has 1 N–H and O–H groups in total. The molecular formula is C14H24O3. The molecule has 0 amide bonds. The Hall–Kier alpha value is -0.120. The Labute approximate surface area is 103 Å². The molecule has 0 aromatic carbocycles. The summed E-state index contributed by atoms with van der Waals surface area (Å²) in [7, 11) is 0. The van der Waals surface area contributed by atoms with Crippen LogP contribution in [-0.2, 0) is 9.47 Å². The fourth-order valence-electron chi connectivity index (χ4n) is 4.06. The molecule has 98 valence electrons. The molecule has 2 bridgehead atoms. The van der Waals surface area contributed by atoms with Gasteiger partial charge in [-0.2, -0.15) is 0 Å². The number of hydrogen-bond donors (Lipinski definition) is 1. The highest BCUT2D eigenvalue weighted by Gasteiger charge is 2.58. The first-order valence-electron chi connectivity index (χ1n) is 7.09. The SMILES string of the molecule is C[C@@H]1[C@H](C)C[C@]23C[C@H]1O[C@H]2CC[C@H](CCO)O3. The zero-order valence-corrected chi connectivity index (χ0v) is 10.9. The third-order valence-electron chi connectivity index (χ3n) is 5.23. The molecule has 1 aliphatic carbocycles. The summed E-state index contributed by atoms with van der Waals surface area (Å²) in [4.78, 5) is 0. The largest absolute Gasteiger partial charge is 0.396 e. The van der Waals surface area contributed by atoms with Gasteiger partial charge in [-0.3, -0.25) is 0 Å². The summed E-state index contributed by atoms with van der Waals surface area (Å²) in [5.74, 6) is 1.35. The summed E-state index contributed by atoms with van der Waals surface area (Å²) in [6.07, 6.45) is 6.11. The van der Waals surface area contributed by atoms with E-state index < -0.39 is 0 Å². The number of hydrogen-bond acceptors (Lipinski definition) is 3. The quantitative estimate of drug-likeness (QED) is 0.803. The van der Waals surface area contributed by atoms with Crippen molar-refractivity contribution in [3.05, 3.63) is 0 Å². The molecule has 3 aliphatic rings. The van der Waals surface area contributed by atoms with Gasteiger partial charge in [0.05, 0.1) is 23.9 Å². The van der Waals surface area contributed by atoms with Crippen LogP contribution in [0, 0.1) is 11.8 Å². The Morgan fingerprint density at radius 2 is 2.06 bits per heavy atom. The summed E-state index contributed by atoms with van der Waals surface area (Å²) < 4.78 is 12.5. The van der Waals surface area contributed by atoms with E-state index in [1.54, 1.807) is 0 Å². The lowest BCUT2D eigenvalue weighted by molar-refractivity contribution is -0.172. The first-order valence-corrected chi connectivity index (χ1v) is 7.09. The van der Waals surface area contributed by atoms with Crippen LogP contribution >= 0.6 is 0 Å². The Kier molecular flexibility index (Phi) is 2.96. The lowest BCUT2D eigenvalue weighted by atomic mass is 9.70. The molecule has 2 saturated heterocycles. The maximum atomic E-state index is 9.06. The number of aliphatic hydroxyl groups excluding tert-OH is 1. The van der Waals surface area contributed by atoms with Gasteiger partial charge in [0.2, 0.25) is 0 Å². The highest BCUT2D eigenvalue weighted by atomic mass is 16.6. The fourth-order valence-corrected chi connectivity index (χ4v) is 4.06. The standard InChI is InChI=1S/C14H24O3/c1-9-7-14-8-12(10(9)2)16-13(14)4-3-11(17-14)5-6-15/h9-13,15H,3-8H2,1-2H3/t9-,10-,11-,12-,13+,14+/m1/s1. The van der Waals surface area contributed by atoms with E-state index in [2.05, 4.69) is 13.8 Å². The van der Waals surface area contributed by atoms with Gasteiger partial charge < -0.3 is 14.6 Å². The molecule has 1 spiro atoms. The first-order chi connectivity index (χ1) is 8.14. The monoisotopic (exact) mass is 240 g/mol. The molecule has 3 fully saturated rings. The molecule has 2 aliphatic heterocycles. The Morgan fingerprint density at radius 3 is 2.82 bits per heavy atom. The minimum Gasteiger partial charge on any atom is -0.396 e. The number of aliphatic hydroxyl groups is 1. The number of ether oxygens (including phenoxy) is 2. The van der Waals surface area contributed by atoms with E-state index in [0.717, 1.165) is 32.1 Å². The van der Waals surface area contributed by atoms with Crippen molar-refractivity contribution in [1.29, 1.82) is 0 Å². The highest BCUT2D eigenvalue weighted by Crippen LogP contribution is 2.52. The summed E-state index contributed by atoms with van der Waals surface area (Å²) >= 11 is 0. The molecule has 1 saturated carbocycles. The Balaban J connectivity index is 1.78. The van der Waals surface area contributed by atoms with Crippen LogP contribution in [0.2, 0.25) is 0 Å². The third-order valence-corrected chi connectivity index (χ3v) is 5.23. The van der Waals surface area contributed by atoms with Crippen molar-refractivity contribution in [1.82, 2.24) is 0 Å². The predicted molar refractivity (Wildman–Crippen MR) is 64.8 cm³/mol. The van der Waals surface area contributed by atoms with Gasteiger partial charge in [0, 0.05) is 13.0 Å². The van der Waals surface area contributed by atoms with Crippen molar-refractivity contribution in [3.63, 3.8) is 0 Å². The Bertz CT molecular complexity index is 293. The van der Waals surface area contributed by atoms with E-state index in [1.165, 1.54) is 0 Å². The van der Waals surface area contributed by atoms with Gasteiger partial charge in [-0.15, -0.1) is 0 Å². The molecule has 3 rings (SSSR count). The van der Waals surface area contributed by atoms with Gasteiger partial charge in [0.1, 0.15) is 0 Å². The topological polar surface area (TPSA) is 38.7 Å². The van der Waals surface area contributed by atoms with Crippen molar-refractivity contribution in [2.45, 2.75) is 69.9 Å². The molecular weight excluding hydrogens is 216 g/mol. The van der Waals surface area contributed by atoms with Crippen LogP contribution in [0.15, 0.2) is 0 Å². The maximum absolute atomic E-state index is 9.06. The molecule has 0 unspecified atom stereocenters. The van der Waals surface area contributed by atoms with E-state index in [0.29, 0.717) is 24.0 Å². The minimum atomic E-state index is -0.0192. The second-order valence-electron chi connectivity index (χ2n) is 6.30. The van der Waals surface area contributed by atoms with E-state index >= 15 is 0 Å². The summed E-state index contributed by atoms with van der Waals surface area (Å²) in [5, 5.41) is 9.06. The molecule has 0 radical (unpaired) electrons. The molecule has 0 aromatic rings. The first kappa shape index (κ1) is 11.9. The van der Waals surface area contributed by atoms with Gasteiger partial charge in [-0.05, 0) is 37.5 Å². The van der Waals surface area contributed by atoms with Crippen LogP contribution in [0.25, 0.3) is 0 Å². The number of rotatable bonds is 2. The van der Waals surface area contributed by atoms with Crippen LogP contribution in [0.4, 0.5) is 0 Å². The normalized spacial score (nSPS) is 53.5. The third kappa shape index (κ3) is 1.83. The zero-order chi connectivity index (χ0) is 12.0. The minimum absolute atomic E-state index is 0.0192. The molecule has 6 atom stereocenters. The van der Waals surface area contributed by atoms with Crippen LogP contribution in [0.3, 0.4) is 0 Å². The smallest absolute Gasteiger partial charge is 0.0974 e. The molecule has 3 heteroatoms. The van der Waals surface area contributed by atoms with E-state index in [1.807, 2.05) is 0 Å². The average molecular weight is 240 g/mol. The lowest BCUT2D eigenvalue weighted by Gasteiger charge is -2.45. The van der Waals surface area contributed by atoms with E-state index in [-0.39, 0.29) is 18.3 Å². The van der Waals surface area contributed by atoms with Crippen molar-refractivity contribution in [3.8, 4) is 0 Å². The lowest BCUT2D eigenvalue weighted by Crippen LogP contribution is -2.51. The van der Waals surface area contributed by atoms with Crippen LogP contribution < -0.4 is 0 Å². The second-order valence-corrected chi connectivity index (χ2v) is 6.30. The second kappa shape index (κ2) is 4.22. The molecule has 0 aromatic heterocycles. The van der Waals surface area contributed by atoms with Gasteiger partial charge in [-0.25, -0.2) is 0 Å². The maximum Gasteiger partial charge on any atom is 0.0974 e. The van der Waals surface area contributed by atoms with Crippen molar-refractivity contribution in [2.24, 2.45) is 11.8 Å². The summed E-state index contributed by atoms with van der Waals surface area (Å²) in [6.45, 7) is 4.87. The van der Waals surface area contributed by atoms with Gasteiger partial charge in [0.15, 0.2) is 0 Å². The molecule has 17 heavy (non-hydrogen) atoms. The van der Waals surface area contributed by atoms with Gasteiger partial charge in [0.25, 0.3) is 0 Å². The predicted octanol–water partition coefficient (Wildman–Crippen LogP) is 2.12. The molecule has 2 heterocycles. The highest BCUT2D eigenvalue weighted by molar-refractivity contribution is 5.07. The van der Waals surface area contributed by atoms with E-state index in [4.69, 9.17) is 14.6 Å². The number of fused-ring (bicyclic) bond motifs is 1. The summed E-state index contributed by atoms with van der Waals surface area (Å²) in [5.41, 5.74) is -0.0192. The molecule has 3 nitrogen and oxygen atoms in total. The van der Waals surface area contributed by atoms with Crippen molar-refractivity contribution in [2.75, 3.05) is 6.61 Å². The Morgan fingerprint density at radius 1 is 1.24 bits per heavy atom. The van der Waals surface area contributed by atoms with Crippen molar-refractivity contribution >= 4 is 0 Å². The van der Waals surface area contributed by atoms with Crippen LogP contribution in [0.5, 0.6) is 0 Å². The fraction of sp³-hybridized carbons (Fsp3) is 1.00. The van der Waals surface area contributed by atoms with Crippen LogP contribution in [-0.4, -0.2) is 35.6 Å². The van der Waals surface area contributed by atoms with Crippen molar-refractivity contribution < 1.29 is 14.6 Å². The van der Waals surface area contributed by atoms with Gasteiger partial charge in [-0.1, -0.05) is 13.8 Å². The summed E-state index contributed by atoms with van der Waals surface area (Å²) in [6, 6.07) is 0. The van der Waals surface area contributed by atoms with Gasteiger partial charge >= 0.3 is 0 Å². The average Bonchev–Trinajstić information content (AvgIpc) is 2.61.